The second-order valence-electron chi connectivity index (χ2n) is 13.6. The van der Waals surface area contributed by atoms with Crippen LogP contribution >= 0.6 is 69.4 Å². The molecule has 0 bridgehead atoms. The Balaban J connectivity index is 0.914. The Morgan fingerprint density at radius 1 is 0.569 bits per heavy atom. The molecule has 0 spiro atoms. The number of hydrogen-bond donors (Lipinski definition) is 2. The van der Waals surface area contributed by atoms with Gasteiger partial charge in [-0.3, -0.25) is 29.0 Å². The van der Waals surface area contributed by atoms with Gasteiger partial charge in [0.1, 0.15) is 10.7 Å². The molecule has 2 N–H and O–H groups in total. The standard InChI is InChI=1S/C42H32Cl2N4O6S4/c43-29-15-11-27(12-16-29)39-47(37(53)33(57-39)19-35(49)50)41-45-31(21-55-41)25-7-3-23(4-8-25)1-2-24-5-9-26(10-6-24)32-22-56-42(46-32)48-38(54)34(20-36(51)52)58-40(48)28-13-17-30(44)18-14-28/h3-18,21-22,33-34,39-40H,1-2,19-20H2,(H,49,50)(H,51,52)/t33-,34-,39-,40-/m1/s1. The van der Waals surface area contributed by atoms with Crippen LogP contribution in [0.25, 0.3) is 22.5 Å². The van der Waals surface area contributed by atoms with Crippen LogP contribution in [0.15, 0.2) is 108 Å². The van der Waals surface area contributed by atoms with Crippen LogP contribution in [-0.2, 0) is 32.0 Å². The number of carbonyl (C=O) groups is 4. The molecule has 2 aliphatic heterocycles. The normalized spacial score (nSPS) is 19.3. The molecule has 58 heavy (non-hydrogen) atoms. The van der Waals surface area contributed by atoms with Gasteiger partial charge in [0.15, 0.2) is 10.3 Å². The summed E-state index contributed by atoms with van der Waals surface area (Å²) in [5.41, 5.74) is 7.28. The van der Waals surface area contributed by atoms with Gasteiger partial charge in [0.2, 0.25) is 11.8 Å². The number of carboxylic acids is 2. The number of aromatic nitrogens is 2. The molecule has 10 nitrogen and oxygen atoms in total. The first-order chi connectivity index (χ1) is 28.0. The maximum absolute atomic E-state index is 13.5. The van der Waals surface area contributed by atoms with E-state index >= 15 is 0 Å². The second-order valence-corrected chi connectivity index (χ2v) is 18.7. The fourth-order valence-electron chi connectivity index (χ4n) is 6.77. The Labute approximate surface area is 359 Å². The first kappa shape index (κ1) is 40.1. The number of carboxylic acid groups (broad SMARTS) is 2. The summed E-state index contributed by atoms with van der Waals surface area (Å²) in [4.78, 5) is 62.9. The van der Waals surface area contributed by atoms with E-state index in [1.54, 1.807) is 34.1 Å². The summed E-state index contributed by atoms with van der Waals surface area (Å²) in [5.74, 6) is -2.60. The fourth-order valence-corrected chi connectivity index (χ4v) is 11.7. The number of anilines is 2. The molecule has 16 heteroatoms. The van der Waals surface area contributed by atoms with Crippen molar-refractivity contribution in [3.63, 3.8) is 0 Å². The fraction of sp³-hybridized carbons (Fsp3) is 0.190. The SMILES string of the molecule is O=C(O)C[C@H]1S[C@H](c2ccc(Cl)cc2)N(c2nc(-c3ccc(CCc4ccc(-c5csc(N6C(=O)[C@@H](CC(=O)O)S[C@@H]6c6ccc(Cl)cc6)n5)cc4)cc3)cs2)C1=O. The number of rotatable bonds is 13. The van der Waals surface area contributed by atoms with Crippen molar-refractivity contribution in [1.82, 2.24) is 9.97 Å². The molecule has 2 saturated heterocycles. The molecule has 6 aromatic rings. The van der Waals surface area contributed by atoms with Crippen LogP contribution in [0, 0.1) is 0 Å². The number of thiazole rings is 2. The lowest BCUT2D eigenvalue weighted by Crippen LogP contribution is -2.31. The molecule has 294 valence electrons. The molecule has 4 atom stereocenters. The van der Waals surface area contributed by atoms with Crippen LogP contribution in [0.4, 0.5) is 10.3 Å². The summed E-state index contributed by atoms with van der Waals surface area (Å²) in [6.07, 6.45) is 1.09. The lowest BCUT2D eigenvalue weighted by molar-refractivity contribution is -0.138. The Kier molecular flexibility index (Phi) is 11.9. The van der Waals surface area contributed by atoms with Gasteiger partial charge in [0.25, 0.3) is 0 Å². The summed E-state index contributed by atoms with van der Waals surface area (Å²) in [6, 6.07) is 30.8. The van der Waals surface area contributed by atoms with Gasteiger partial charge < -0.3 is 10.2 Å². The zero-order chi connectivity index (χ0) is 40.5. The quantitative estimate of drug-likeness (QED) is 0.115. The van der Waals surface area contributed by atoms with Gasteiger partial charge in [-0.15, -0.1) is 46.2 Å². The Morgan fingerprint density at radius 3 is 1.28 bits per heavy atom. The van der Waals surface area contributed by atoms with Crippen LogP contribution in [-0.4, -0.2) is 54.4 Å². The monoisotopic (exact) mass is 886 g/mol. The van der Waals surface area contributed by atoms with E-state index in [0.717, 1.165) is 57.6 Å². The molecular weight excluding hydrogens is 856 g/mol. The average molecular weight is 888 g/mol. The van der Waals surface area contributed by atoms with Crippen molar-refractivity contribution in [3.05, 3.63) is 140 Å². The minimum atomic E-state index is -1.03. The zero-order valence-corrected chi connectivity index (χ0v) is 35.0. The van der Waals surface area contributed by atoms with Crippen LogP contribution in [0.3, 0.4) is 0 Å². The van der Waals surface area contributed by atoms with Crippen LogP contribution in [0.5, 0.6) is 0 Å². The number of hydrogen-bond acceptors (Lipinski definition) is 10. The maximum Gasteiger partial charge on any atom is 0.305 e. The van der Waals surface area contributed by atoms with Crippen molar-refractivity contribution in [2.24, 2.45) is 0 Å². The predicted octanol–water partition coefficient (Wildman–Crippen LogP) is 10.3. The molecule has 8 rings (SSSR count). The molecular formula is C42H32Cl2N4O6S4. The second kappa shape index (κ2) is 17.3. The van der Waals surface area contributed by atoms with Crippen molar-refractivity contribution >= 4 is 103 Å². The summed E-state index contributed by atoms with van der Waals surface area (Å²) in [5, 5.41) is 22.6. The minimum Gasteiger partial charge on any atom is -0.481 e. The van der Waals surface area contributed by atoms with Gasteiger partial charge in [-0.1, -0.05) is 96.0 Å². The lowest BCUT2D eigenvalue weighted by Gasteiger charge is -2.21. The van der Waals surface area contributed by atoms with Crippen LogP contribution in [0.1, 0.15) is 45.8 Å². The predicted molar refractivity (Wildman–Crippen MR) is 233 cm³/mol. The Bertz CT molecular complexity index is 2310. The first-order valence-corrected chi connectivity index (χ1v) is 22.4. The molecule has 2 fully saturated rings. The van der Waals surface area contributed by atoms with Gasteiger partial charge >= 0.3 is 11.9 Å². The van der Waals surface area contributed by atoms with E-state index in [1.165, 1.54) is 46.2 Å². The summed E-state index contributed by atoms with van der Waals surface area (Å²) in [7, 11) is 0. The summed E-state index contributed by atoms with van der Waals surface area (Å²) >= 11 is 17.5. The lowest BCUT2D eigenvalue weighted by atomic mass is 10.0. The molecule has 4 heterocycles. The maximum atomic E-state index is 13.5. The Hall–Kier alpha value is -4.70. The third-order valence-electron chi connectivity index (χ3n) is 9.71. The van der Waals surface area contributed by atoms with Gasteiger partial charge in [-0.2, -0.15) is 0 Å². The molecule has 0 aliphatic carbocycles. The van der Waals surface area contributed by atoms with Gasteiger partial charge in [-0.25, -0.2) is 9.97 Å². The molecule has 0 radical (unpaired) electrons. The third kappa shape index (κ3) is 8.68. The summed E-state index contributed by atoms with van der Waals surface area (Å²) < 4.78 is 0. The van der Waals surface area contributed by atoms with Gasteiger partial charge in [-0.05, 0) is 59.4 Å². The smallest absolute Gasteiger partial charge is 0.305 e. The van der Waals surface area contributed by atoms with Crippen molar-refractivity contribution in [2.75, 3.05) is 9.80 Å². The van der Waals surface area contributed by atoms with Crippen LogP contribution < -0.4 is 9.80 Å². The third-order valence-corrected chi connectivity index (χ3v) is 14.8. The largest absolute Gasteiger partial charge is 0.481 e. The molecule has 2 aliphatic rings. The van der Waals surface area contributed by atoms with E-state index in [0.29, 0.717) is 20.3 Å². The number of halogens is 2. The van der Waals surface area contributed by atoms with E-state index < -0.39 is 33.2 Å². The number of nitrogens with zero attached hydrogens (tertiary/aromatic N) is 4. The number of aryl methyl sites for hydroxylation is 2. The van der Waals surface area contributed by atoms with E-state index in [1.807, 2.05) is 59.3 Å². The molecule has 2 amide bonds. The van der Waals surface area contributed by atoms with Gasteiger partial charge in [0, 0.05) is 31.9 Å². The van der Waals surface area contributed by atoms with Crippen molar-refractivity contribution < 1.29 is 29.4 Å². The highest BCUT2D eigenvalue weighted by Crippen LogP contribution is 2.49. The number of thioether (sulfide) groups is 2. The molecule has 4 aromatic carbocycles. The number of carbonyl (C=O) groups excluding carboxylic acids is 2. The minimum absolute atomic E-state index is 0.270. The average Bonchev–Trinajstić information content (AvgIpc) is 4.02. The van der Waals surface area contributed by atoms with E-state index in [-0.39, 0.29) is 24.7 Å². The van der Waals surface area contributed by atoms with Crippen LogP contribution in [0.2, 0.25) is 10.0 Å². The topological polar surface area (TPSA) is 141 Å². The molecule has 0 saturated carbocycles. The van der Waals surface area contributed by atoms with E-state index in [9.17, 15) is 29.4 Å². The van der Waals surface area contributed by atoms with Crippen molar-refractivity contribution in [2.45, 2.75) is 46.9 Å². The number of aliphatic carboxylic acids is 2. The Morgan fingerprint density at radius 2 is 0.931 bits per heavy atom. The summed E-state index contributed by atoms with van der Waals surface area (Å²) in [6.45, 7) is 0. The van der Waals surface area contributed by atoms with E-state index in [2.05, 4.69) is 24.3 Å². The zero-order valence-electron chi connectivity index (χ0n) is 30.2. The number of benzene rings is 4. The van der Waals surface area contributed by atoms with Gasteiger partial charge in [0.05, 0.1) is 34.7 Å². The number of amides is 2. The first-order valence-electron chi connectivity index (χ1n) is 18.0. The van der Waals surface area contributed by atoms with E-state index in [4.69, 9.17) is 33.2 Å². The highest BCUT2D eigenvalue weighted by molar-refractivity contribution is 8.01. The van der Waals surface area contributed by atoms with Crippen molar-refractivity contribution in [1.29, 1.82) is 0 Å². The highest BCUT2D eigenvalue weighted by atomic mass is 35.5. The van der Waals surface area contributed by atoms with Crippen molar-refractivity contribution in [3.8, 4) is 22.5 Å². The molecule has 0 unspecified atom stereocenters. The highest BCUT2D eigenvalue weighted by Gasteiger charge is 2.45. The molecule has 2 aromatic heterocycles.